The fourth-order valence-electron chi connectivity index (χ4n) is 2.37. The number of fused-ring (bicyclic) bond motifs is 1. The molecule has 7 nitrogen and oxygen atoms in total. The van der Waals surface area contributed by atoms with E-state index in [-0.39, 0.29) is 5.69 Å². The predicted molar refractivity (Wildman–Crippen MR) is 67.6 cm³/mol. The Bertz CT molecular complexity index is 595. The number of nitrogens with zero attached hydrogens (tertiary/aromatic N) is 4. The zero-order chi connectivity index (χ0) is 12.5. The van der Waals surface area contributed by atoms with Crippen molar-refractivity contribution in [3.63, 3.8) is 0 Å². The lowest BCUT2D eigenvalue weighted by atomic mass is 9.97. The molecule has 0 aromatic carbocycles. The maximum Gasteiger partial charge on any atom is 0.348 e. The Kier molecular flexibility index (Phi) is 2.75. The topological polar surface area (TPSA) is 92.3 Å². The van der Waals surface area contributed by atoms with E-state index in [2.05, 4.69) is 20.1 Å². The molecule has 2 aromatic heterocycles. The van der Waals surface area contributed by atoms with Crippen LogP contribution in [0.5, 0.6) is 0 Å². The third kappa shape index (κ3) is 1.86. The van der Waals surface area contributed by atoms with Crippen LogP contribution in [0, 0.1) is 5.92 Å². The monoisotopic (exact) mass is 248 g/mol. The van der Waals surface area contributed by atoms with Crippen molar-refractivity contribution in [2.24, 2.45) is 11.7 Å². The molecule has 0 spiro atoms. The molecule has 7 heteroatoms. The number of piperidine rings is 1. The van der Waals surface area contributed by atoms with Crippen LogP contribution >= 0.6 is 0 Å². The highest BCUT2D eigenvalue weighted by Crippen LogP contribution is 2.21. The normalized spacial score (nSPS) is 17.5. The molecular formula is C11H16N6O. The highest BCUT2D eigenvalue weighted by Gasteiger charge is 2.19. The van der Waals surface area contributed by atoms with Gasteiger partial charge in [0, 0.05) is 19.2 Å². The summed E-state index contributed by atoms with van der Waals surface area (Å²) in [5, 5.41) is 6.35. The minimum absolute atomic E-state index is 0.258. The Morgan fingerprint density at radius 3 is 2.94 bits per heavy atom. The fraction of sp³-hybridized carbons (Fsp3) is 0.545. The quantitative estimate of drug-likeness (QED) is 0.754. The van der Waals surface area contributed by atoms with Gasteiger partial charge >= 0.3 is 5.69 Å². The van der Waals surface area contributed by atoms with Gasteiger partial charge in [0.1, 0.15) is 12.1 Å². The smallest absolute Gasteiger partial charge is 0.348 e. The van der Waals surface area contributed by atoms with Crippen molar-refractivity contribution in [1.29, 1.82) is 0 Å². The van der Waals surface area contributed by atoms with Crippen LogP contribution in [-0.2, 0) is 0 Å². The molecule has 0 bridgehead atoms. The molecule has 1 saturated heterocycles. The van der Waals surface area contributed by atoms with Crippen LogP contribution in [0.3, 0.4) is 0 Å². The first-order chi connectivity index (χ1) is 8.78. The van der Waals surface area contributed by atoms with E-state index in [1.165, 1.54) is 10.7 Å². The molecule has 0 amide bonds. The minimum atomic E-state index is -0.258. The van der Waals surface area contributed by atoms with Crippen molar-refractivity contribution in [1.82, 2.24) is 19.6 Å². The van der Waals surface area contributed by atoms with Crippen LogP contribution in [0.15, 0.2) is 17.2 Å². The molecule has 1 aliphatic rings. The number of hydrogen-bond donors (Lipinski definition) is 2. The molecule has 3 heterocycles. The molecule has 2 aromatic rings. The lowest BCUT2D eigenvalue weighted by Gasteiger charge is -2.32. The van der Waals surface area contributed by atoms with E-state index in [0.717, 1.165) is 38.3 Å². The second-order valence-corrected chi connectivity index (χ2v) is 4.67. The lowest BCUT2D eigenvalue weighted by Crippen LogP contribution is -2.36. The van der Waals surface area contributed by atoms with Crippen molar-refractivity contribution >= 4 is 11.5 Å². The van der Waals surface area contributed by atoms with Crippen molar-refractivity contribution < 1.29 is 0 Å². The van der Waals surface area contributed by atoms with E-state index in [0.29, 0.717) is 11.6 Å². The van der Waals surface area contributed by atoms with Crippen molar-refractivity contribution in [2.75, 3.05) is 24.5 Å². The van der Waals surface area contributed by atoms with Gasteiger partial charge in [0.05, 0.1) is 0 Å². The van der Waals surface area contributed by atoms with E-state index in [9.17, 15) is 4.79 Å². The van der Waals surface area contributed by atoms with E-state index in [4.69, 9.17) is 5.73 Å². The Balaban J connectivity index is 1.84. The fourth-order valence-corrected chi connectivity index (χ4v) is 2.37. The summed E-state index contributed by atoms with van der Waals surface area (Å²) in [6, 6.07) is 1.83. The number of aromatic nitrogens is 4. The molecule has 0 saturated carbocycles. The van der Waals surface area contributed by atoms with Crippen LogP contribution in [0.25, 0.3) is 5.65 Å². The molecule has 1 fully saturated rings. The molecule has 18 heavy (non-hydrogen) atoms. The molecule has 0 radical (unpaired) electrons. The Morgan fingerprint density at radius 2 is 2.22 bits per heavy atom. The van der Waals surface area contributed by atoms with Gasteiger partial charge in [-0.3, -0.25) is 0 Å². The highest BCUT2D eigenvalue weighted by molar-refractivity contribution is 5.50. The van der Waals surface area contributed by atoms with Gasteiger partial charge in [0.25, 0.3) is 0 Å². The number of aromatic amines is 1. The van der Waals surface area contributed by atoms with Gasteiger partial charge in [0.15, 0.2) is 5.65 Å². The van der Waals surface area contributed by atoms with Gasteiger partial charge in [-0.15, -0.1) is 0 Å². The third-order valence-electron chi connectivity index (χ3n) is 3.57. The first kappa shape index (κ1) is 11.2. The van der Waals surface area contributed by atoms with Gasteiger partial charge in [-0.05, 0) is 25.3 Å². The largest absolute Gasteiger partial charge is 0.356 e. The number of hydrogen-bond acceptors (Lipinski definition) is 5. The van der Waals surface area contributed by atoms with Gasteiger partial charge in [-0.25, -0.2) is 19.3 Å². The summed E-state index contributed by atoms with van der Waals surface area (Å²) in [5.41, 5.74) is 6.02. The van der Waals surface area contributed by atoms with Crippen molar-refractivity contribution in [3.05, 3.63) is 22.9 Å². The van der Waals surface area contributed by atoms with E-state index in [1.807, 2.05) is 6.07 Å². The van der Waals surface area contributed by atoms with Gasteiger partial charge in [0.2, 0.25) is 0 Å². The number of rotatable bonds is 2. The Hall–Kier alpha value is -1.89. The highest BCUT2D eigenvalue weighted by atomic mass is 16.1. The second kappa shape index (κ2) is 4.41. The standard InChI is InChI=1S/C11H16N6O/c12-6-8-1-3-16(4-2-8)9-5-10-14-15-11(18)17(10)7-13-9/h5,7-8H,1-4,6,12H2,(H,15,18). The van der Waals surface area contributed by atoms with E-state index < -0.39 is 0 Å². The first-order valence-corrected chi connectivity index (χ1v) is 6.15. The number of nitrogens with one attached hydrogen (secondary N) is 1. The first-order valence-electron chi connectivity index (χ1n) is 6.15. The molecule has 0 unspecified atom stereocenters. The lowest BCUT2D eigenvalue weighted by molar-refractivity contribution is 0.413. The Morgan fingerprint density at radius 1 is 1.44 bits per heavy atom. The summed E-state index contributed by atoms with van der Waals surface area (Å²) in [6.07, 6.45) is 3.71. The average molecular weight is 248 g/mol. The van der Waals surface area contributed by atoms with E-state index in [1.54, 1.807) is 0 Å². The molecule has 3 rings (SSSR count). The molecule has 1 aliphatic heterocycles. The summed E-state index contributed by atoms with van der Waals surface area (Å²) in [6.45, 7) is 2.68. The predicted octanol–water partition coefficient (Wildman–Crippen LogP) is -0.407. The SMILES string of the molecule is NCC1CCN(c2cc3n[nH]c(=O)n3cn2)CC1. The Labute approximate surface area is 104 Å². The average Bonchev–Trinajstić information content (AvgIpc) is 2.80. The van der Waals surface area contributed by atoms with Crippen LogP contribution in [0.4, 0.5) is 5.82 Å². The second-order valence-electron chi connectivity index (χ2n) is 4.67. The van der Waals surface area contributed by atoms with Crippen molar-refractivity contribution in [2.45, 2.75) is 12.8 Å². The summed E-state index contributed by atoms with van der Waals surface area (Å²) >= 11 is 0. The molecule has 3 N–H and O–H groups in total. The summed E-state index contributed by atoms with van der Waals surface area (Å²) in [5.74, 6) is 1.50. The van der Waals surface area contributed by atoms with Crippen LogP contribution < -0.4 is 16.3 Å². The zero-order valence-electron chi connectivity index (χ0n) is 10.0. The molecule has 0 atom stereocenters. The number of nitrogens with two attached hydrogens (primary N) is 1. The van der Waals surface area contributed by atoms with Gasteiger partial charge in [-0.2, -0.15) is 5.10 Å². The van der Waals surface area contributed by atoms with Gasteiger partial charge in [-0.1, -0.05) is 0 Å². The summed E-state index contributed by atoms with van der Waals surface area (Å²) in [4.78, 5) is 17.9. The maximum absolute atomic E-state index is 11.3. The number of H-pyrrole nitrogens is 1. The van der Waals surface area contributed by atoms with Crippen LogP contribution in [0.1, 0.15) is 12.8 Å². The summed E-state index contributed by atoms with van der Waals surface area (Å²) < 4.78 is 1.40. The maximum atomic E-state index is 11.3. The van der Waals surface area contributed by atoms with Crippen molar-refractivity contribution in [3.8, 4) is 0 Å². The summed E-state index contributed by atoms with van der Waals surface area (Å²) in [7, 11) is 0. The van der Waals surface area contributed by atoms with Gasteiger partial charge < -0.3 is 10.6 Å². The molecule has 96 valence electrons. The van der Waals surface area contributed by atoms with Crippen LogP contribution in [0.2, 0.25) is 0 Å². The third-order valence-corrected chi connectivity index (χ3v) is 3.57. The van der Waals surface area contributed by atoms with E-state index >= 15 is 0 Å². The zero-order valence-corrected chi connectivity index (χ0v) is 10.0. The molecule has 0 aliphatic carbocycles. The minimum Gasteiger partial charge on any atom is -0.356 e. The molecular weight excluding hydrogens is 232 g/mol. The van der Waals surface area contributed by atoms with Crippen LogP contribution in [-0.4, -0.2) is 39.2 Å². The number of anilines is 1.